The largest absolute Gasteiger partial charge is 0.508 e. The van der Waals surface area contributed by atoms with E-state index in [-0.39, 0.29) is 11.7 Å². The highest BCUT2D eigenvalue weighted by Gasteiger charge is 2.16. The number of aromatic hydroxyl groups is 1. The monoisotopic (exact) mass is 231 g/mol. The van der Waals surface area contributed by atoms with E-state index in [9.17, 15) is 9.90 Å². The van der Waals surface area contributed by atoms with Gasteiger partial charge in [-0.25, -0.2) is 0 Å². The lowest BCUT2D eigenvalue weighted by Crippen LogP contribution is -2.25. The quantitative estimate of drug-likeness (QED) is 0.864. The minimum atomic E-state index is -0.219. The molecule has 0 fully saturated rings. The number of benzene rings is 1. The van der Waals surface area contributed by atoms with Gasteiger partial charge in [-0.15, -0.1) is 0 Å². The Morgan fingerprint density at radius 1 is 1.18 bits per heavy atom. The third-order valence-electron chi connectivity index (χ3n) is 2.49. The number of rotatable bonds is 2. The van der Waals surface area contributed by atoms with Crippen LogP contribution in [0.15, 0.2) is 40.8 Å². The normalized spacial score (nSPS) is 10.2. The Labute approximate surface area is 99.1 Å². The van der Waals surface area contributed by atoms with Gasteiger partial charge in [0.15, 0.2) is 5.76 Å². The van der Waals surface area contributed by atoms with Gasteiger partial charge in [-0.1, -0.05) is 0 Å². The second kappa shape index (κ2) is 4.33. The summed E-state index contributed by atoms with van der Waals surface area (Å²) in [4.78, 5) is 13.5. The van der Waals surface area contributed by atoms with E-state index in [1.807, 2.05) is 0 Å². The zero-order chi connectivity index (χ0) is 12.4. The standard InChI is InChI=1S/C13H13NO3/c1-9-3-8-12(17-9)13(16)14(2)10-4-6-11(15)7-5-10/h3-8,15H,1-2H3. The van der Waals surface area contributed by atoms with E-state index >= 15 is 0 Å². The van der Waals surface area contributed by atoms with E-state index in [1.165, 1.54) is 17.0 Å². The van der Waals surface area contributed by atoms with Crippen LogP contribution in [0.2, 0.25) is 0 Å². The maximum Gasteiger partial charge on any atom is 0.293 e. The van der Waals surface area contributed by atoms with Crippen molar-refractivity contribution in [1.82, 2.24) is 0 Å². The Balaban J connectivity index is 2.23. The molecule has 2 rings (SSSR count). The third kappa shape index (κ3) is 2.30. The topological polar surface area (TPSA) is 53.7 Å². The van der Waals surface area contributed by atoms with Gasteiger partial charge in [0.2, 0.25) is 0 Å². The Morgan fingerprint density at radius 3 is 2.35 bits per heavy atom. The number of carbonyl (C=O) groups is 1. The van der Waals surface area contributed by atoms with Crippen molar-refractivity contribution in [2.24, 2.45) is 0 Å². The number of aryl methyl sites for hydroxylation is 1. The molecule has 4 heteroatoms. The number of furan rings is 1. The van der Waals surface area contributed by atoms with Crippen LogP contribution in [0, 0.1) is 6.92 Å². The summed E-state index contributed by atoms with van der Waals surface area (Å²) >= 11 is 0. The van der Waals surface area contributed by atoms with Crippen molar-refractivity contribution in [3.63, 3.8) is 0 Å². The zero-order valence-electron chi connectivity index (χ0n) is 9.68. The van der Waals surface area contributed by atoms with Gasteiger partial charge >= 0.3 is 0 Å². The highest BCUT2D eigenvalue weighted by molar-refractivity contribution is 6.03. The highest BCUT2D eigenvalue weighted by Crippen LogP contribution is 2.19. The van der Waals surface area contributed by atoms with E-state index in [4.69, 9.17) is 4.42 Å². The van der Waals surface area contributed by atoms with E-state index in [2.05, 4.69) is 0 Å². The SMILES string of the molecule is Cc1ccc(C(=O)N(C)c2ccc(O)cc2)o1. The van der Waals surface area contributed by atoms with Crippen molar-refractivity contribution in [2.45, 2.75) is 6.92 Å². The fraction of sp³-hybridized carbons (Fsp3) is 0.154. The molecule has 0 saturated carbocycles. The Bertz CT molecular complexity index is 528. The zero-order valence-corrected chi connectivity index (χ0v) is 9.68. The number of nitrogens with zero attached hydrogens (tertiary/aromatic N) is 1. The van der Waals surface area contributed by atoms with Crippen LogP contribution in [0.1, 0.15) is 16.3 Å². The lowest BCUT2D eigenvalue weighted by atomic mass is 10.2. The van der Waals surface area contributed by atoms with Crippen molar-refractivity contribution < 1.29 is 14.3 Å². The summed E-state index contributed by atoms with van der Waals surface area (Å²) in [5.74, 6) is 0.956. The van der Waals surface area contributed by atoms with Crippen LogP contribution in [0.5, 0.6) is 5.75 Å². The first-order valence-corrected chi connectivity index (χ1v) is 5.21. The average molecular weight is 231 g/mol. The molecule has 0 unspecified atom stereocenters. The van der Waals surface area contributed by atoms with Crippen molar-refractivity contribution in [2.75, 3.05) is 11.9 Å². The molecule has 1 aromatic carbocycles. The van der Waals surface area contributed by atoms with Crippen LogP contribution in [-0.4, -0.2) is 18.1 Å². The molecule has 1 aromatic heterocycles. The number of hydrogen-bond acceptors (Lipinski definition) is 3. The van der Waals surface area contributed by atoms with E-state index in [0.717, 1.165) is 0 Å². The molecule has 0 aliphatic heterocycles. The van der Waals surface area contributed by atoms with Gasteiger partial charge in [-0.3, -0.25) is 4.79 Å². The molecule has 0 spiro atoms. The van der Waals surface area contributed by atoms with Crippen molar-refractivity contribution in [3.8, 4) is 5.75 Å². The first-order valence-electron chi connectivity index (χ1n) is 5.21. The van der Waals surface area contributed by atoms with E-state index in [1.54, 1.807) is 38.2 Å². The molecule has 1 heterocycles. The lowest BCUT2D eigenvalue weighted by Gasteiger charge is -2.15. The summed E-state index contributed by atoms with van der Waals surface area (Å²) in [5, 5.41) is 9.18. The molecule has 2 aromatic rings. The summed E-state index contributed by atoms with van der Waals surface area (Å²) in [6.07, 6.45) is 0. The van der Waals surface area contributed by atoms with Gasteiger partial charge in [0.1, 0.15) is 11.5 Å². The number of amides is 1. The van der Waals surface area contributed by atoms with Crippen LogP contribution >= 0.6 is 0 Å². The smallest absolute Gasteiger partial charge is 0.293 e. The molecule has 0 bridgehead atoms. The fourth-order valence-electron chi connectivity index (χ4n) is 1.51. The summed E-state index contributed by atoms with van der Waals surface area (Å²) in [7, 11) is 1.66. The van der Waals surface area contributed by atoms with Crippen molar-refractivity contribution >= 4 is 11.6 Å². The first kappa shape index (κ1) is 11.3. The molecule has 1 amide bonds. The maximum absolute atomic E-state index is 12.0. The minimum Gasteiger partial charge on any atom is -0.508 e. The molecule has 0 radical (unpaired) electrons. The second-order valence-electron chi connectivity index (χ2n) is 3.79. The maximum atomic E-state index is 12.0. The number of hydrogen-bond donors (Lipinski definition) is 1. The minimum absolute atomic E-state index is 0.170. The van der Waals surface area contributed by atoms with Crippen molar-refractivity contribution in [3.05, 3.63) is 47.9 Å². The number of phenols is 1. The summed E-state index contributed by atoms with van der Waals surface area (Å²) < 4.78 is 5.27. The van der Waals surface area contributed by atoms with Crippen LogP contribution in [0.3, 0.4) is 0 Å². The molecule has 0 atom stereocenters. The Morgan fingerprint density at radius 2 is 1.82 bits per heavy atom. The van der Waals surface area contributed by atoms with E-state index < -0.39 is 0 Å². The van der Waals surface area contributed by atoms with Gasteiger partial charge in [-0.05, 0) is 43.3 Å². The number of phenolic OH excluding ortho intramolecular Hbond substituents is 1. The average Bonchev–Trinajstić information content (AvgIpc) is 2.75. The first-order chi connectivity index (χ1) is 8.08. The third-order valence-corrected chi connectivity index (χ3v) is 2.49. The fourth-order valence-corrected chi connectivity index (χ4v) is 1.51. The van der Waals surface area contributed by atoms with Gasteiger partial charge < -0.3 is 14.4 Å². The molecular formula is C13H13NO3. The molecule has 0 aliphatic rings. The summed E-state index contributed by atoms with van der Waals surface area (Å²) in [6.45, 7) is 1.79. The van der Waals surface area contributed by atoms with Crippen LogP contribution in [0.25, 0.3) is 0 Å². The van der Waals surface area contributed by atoms with Gasteiger partial charge in [0.25, 0.3) is 5.91 Å². The Hall–Kier alpha value is -2.23. The summed E-state index contributed by atoms with van der Waals surface area (Å²) in [5.41, 5.74) is 0.696. The molecular weight excluding hydrogens is 218 g/mol. The molecule has 4 nitrogen and oxygen atoms in total. The predicted octanol–water partition coefficient (Wildman–Crippen LogP) is 2.57. The van der Waals surface area contributed by atoms with Gasteiger partial charge in [0, 0.05) is 12.7 Å². The molecule has 1 N–H and O–H groups in total. The molecule has 0 aliphatic carbocycles. The Kier molecular flexibility index (Phi) is 2.87. The van der Waals surface area contributed by atoms with E-state index in [0.29, 0.717) is 17.2 Å². The van der Waals surface area contributed by atoms with Crippen molar-refractivity contribution in [1.29, 1.82) is 0 Å². The van der Waals surface area contributed by atoms with Crippen LogP contribution in [-0.2, 0) is 0 Å². The molecule has 88 valence electrons. The summed E-state index contributed by atoms with van der Waals surface area (Å²) in [6, 6.07) is 9.80. The number of anilines is 1. The van der Waals surface area contributed by atoms with Crippen LogP contribution in [0.4, 0.5) is 5.69 Å². The van der Waals surface area contributed by atoms with Crippen LogP contribution < -0.4 is 4.90 Å². The number of carbonyl (C=O) groups excluding carboxylic acids is 1. The lowest BCUT2D eigenvalue weighted by molar-refractivity contribution is 0.0965. The van der Waals surface area contributed by atoms with Gasteiger partial charge in [-0.2, -0.15) is 0 Å². The second-order valence-corrected chi connectivity index (χ2v) is 3.79. The highest BCUT2D eigenvalue weighted by atomic mass is 16.3. The molecule has 0 saturated heterocycles. The van der Waals surface area contributed by atoms with Gasteiger partial charge in [0.05, 0.1) is 0 Å². The molecule has 17 heavy (non-hydrogen) atoms. The predicted molar refractivity (Wildman–Crippen MR) is 64.3 cm³/mol.